The minimum atomic E-state index is 0.629. The SMILES string of the molecule is CSC(C)CNCc1cc(Br)c2c(c1)OCCCO2. The summed E-state index contributed by atoms with van der Waals surface area (Å²) in [6.45, 7) is 5.52. The van der Waals surface area contributed by atoms with Gasteiger partial charge >= 0.3 is 0 Å². The van der Waals surface area contributed by atoms with Crippen LogP contribution in [0.2, 0.25) is 0 Å². The number of fused-ring (bicyclic) bond motifs is 1. The zero-order valence-corrected chi connectivity index (χ0v) is 13.8. The number of hydrogen-bond donors (Lipinski definition) is 1. The molecule has 0 fully saturated rings. The van der Waals surface area contributed by atoms with Crippen LogP contribution in [0.3, 0.4) is 0 Å². The fourth-order valence-electron chi connectivity index (χ4n) is 1.89. The monoisotopic (exact) mass is 345 g/mol. The van der Waals surface area contributed by atoms with Crippen molar-refractivity contribution >= 4 is 27.7 Å². The summed E-state index contributed by atoms with van der Waals surface area (Å²) in [6, 6.07) is 4.17. The second-order valence-electron chi connectivity index (χ2n) is 4.63. The van der Waals surface area contributed by atoms with E-state index in [0.717, 1.165) is 42.1 Å². The smallest absolute Gasteiger partial charge is 0.175 e. The lowest BCUT2D eigenvalue weighted by Gasteiger charge is -2.13. The summed E-state index contributed by atoms with van der Waals surface area (Å²) in [7, 11) is 0. The van der Waals surface area contributed by atoms with Gasteiger partial charge in [-0.15, -0.1) is 0 Å². The molecule has 5 heteroatoms. The van der Waals surface area contributed by atoms with E-state index in [9.17, 15) is 0 Å². The largest absolute Gasteiger partial charge is 0.490 e. The van der Waals surface area contributed by atoms with Crippen molar-refractivity contribution < 1.29 is 9.47 Å². The first-order valence-corrected chi connectivity index (χ1v) is 8.60. The highest BCUT2D eigenvalue weighted by Gasteiger charge is 2.15. The molecule has 0 aliphatic carbocycles. The third-order valence-electron chi connectivity index (χ3n) is 3.03. The van der Waals surface area contributed by atoms with Crippen molar-refractivity contribution in [2.75, 3.05) is 26.0 Å². The average Bonchev–Trinajstić information content (AvgIpc) is 2.64. The quantitative estimate of drug-likeness (QED) is 0.885. The summed E-state index contributed by atoms with van der Waals surface area (Å²) in [5, 5.41) is 4.09. The maximum absolute atomic E-state index is 5.73. The van der Waals surface area contributed by atoms with Crippen molar-refractivity contribution in [3.63, 3.8) is 0 Å². The Morgan fingerprint density at radius 3 is 2.95 bits per heavy atom. The third-order valence-corrected chi connectivity index (χ3v) is 4.59. The van der Waals surface area contributed by atoms with Crippen LogP contribution in [0.5, 0.6) is 11.5 Å². The Balaban J connectivity index is 2.02. The van der Waals surface area contributed by atoms with Crippen LogP contribution in [0.4, 0.5) is 0 Å². The van der Waals surface area contributed by atoms with Crippen LogP contribution >= 0.6 is 27.7 Å². The van der Waals surface area contributed by atoms with E-state index in [1.807, 2.05) is 11.8 Å². The fourth-order valence-corrected chi connectivity index (χ4v) is 2.78. The number of benzene rings is 1. The van der Waals surface area contributed by atoms with Gasteiger partial charge in [-0.25, -0.2) is 0 Å². The van der Waals surface area contributed by atoms with Crippen molar-refractivity contribution in [1.82, 2.24) is 5.32 Å². The van der Waals surface area contributed by atoms with E-state index >= 15 is 0 Å². The first kappa shape index (κ1) is 15.0. The molecule has 3 nitrogen and oxygen atoms in total. The molecule has 1 heterocycles. The predicted molar refractivity (Wildman–Crippen MR) is 84.4 cm³/mol. The van der Waals surface area contributed by atoms with Gasteiger partial charge in [-0.05, 0) is 39.9 Å². The number of nitrogens with one attached hydrogen (secondary N) is 1. The molecule has 1 aromatic carbocycles. The molecule has 1 aliphatic heterocycles. The number of thioether (sulfide) groups is 1. The molecule has 0 spiro atoms. The zero-order chi connectivity index (χ0) is 13.7. The fraction of sp³-hybridized carbons (Fsp3) is 0.571. The summed E-state index contributed by atoms with van der Waals surface area (Å²) in [6.07, 6.45) is 3.07. The summed E-state index contributed by atoms with van der Waals surface area (Å²) in [5.74, 6) is 1.68. The molecule has 1 N–H and O–H groups in total. The van der Waals surface area contributed by atoms with Crippen LogP contribution in [0.25, 0.3) is 0 Å². The maximum Gasteiger partial charge on any atom is 0.175 e. The van der Waals surface area contributed by atoms with Crippen molar-refractivity contribution in [2.45, 2.75) is 25.1 Å². The van der Waals surface area contributed by atoms with E-state index in [0.29, 0.717) is 11.9 Å². The van der Waals surface area contributed by atoms with Crippen LogP contribution in [0.15, 0.2) is 16.6 Å². The van der Waals surface area contributed by atoms with Gasteiger partial charge < -0.3 is 14.8 Å². The van der Waals surface area contributed by atoms with E-state index in [1.165, 1.54) is 5.56 Å². The third kappa shape index (κ3) is 4.29. The highest BCUT2D eigenvalue weighted by Crippen LogP contribution is 2.38. The standard InChI is InChI=1S/C14H20BrNO2S/c1-10(19-2)8-16-9-11-6-12(15)14-13(7-11)17-4-3-5-18-14/h6-7,10,16H,3-5,8-9H2,1-2H3. The number of ether oxygens (including phenoxy) is 2. The van der Waals surface area contributed by atoms with Crippen LogP contribution in [-0.2, 0) is 6.54 Å². The summed E-state index contributed by atoms with van der Waals surface area (Å²) in [5.41, 5.74) is 1.21. The highest BCUT2D eigenvalue weighted by atomic mass is 79.9. The summed E-state index contributed by atoms with van der Waals surface area (Å²) in [4.78, 5) is 0. The van der Waals surface area contributed by atoms with Crippen LogP contribution < -0.4 is 14.8 Å². The molecule has 1 aromatic rings. The Hall–Kier alpha value is -0.390. The highest BCUT2D eigenvalue weighted by molar-refractivity contribution is 9.10. The molecule has 0 saturated heterocycles. The van der Waals surface area contributed by atoms with Crippen LogP contribution in [-0.4, -0.2) is 31.3 Å². The van der Waals surface area contributed by atoms with Gasteiger partial charge in [-0.3, -0.25) is 0 Å². The van der Waals surface area contributed by atoms with Gasteiger partial charge in [-0.2, -0.15) is 11.8 Å². The van der Waals surface area contributed by atoms with Gasteiger partial charge in [0.15, 0.2) is 11.5 Å². The molecule has 19 heavy (non-hydrogen) atoms. The Morgan fingerprint density at radius 1 is 1.37 bits per heavy atom. The lowest BCUT2D eigenvalue weighted by Crippen LogP contribution is -2.22. The lowest BCUT2D eigenvalue weighted by molar-refractivity contribution is 0.296. The van der Waals surface area contributed by atoms with E-state index in [-0.39, 0.29) is 0 Å². The van der Waals surface area contributed by atoms with Gasteiger partial charge in [0.05, 0.1) is 17.7 Å². The van der Waals surface area contributed by atoms with Crippen molar-refractivity contribution in [3.8, 4) is 11.5 Å². The molecular weight excluding hydrogens is 326 g/mol. The molecule has 1 aliphatic rings. The summed E-state index contributed by atoms with van der Waals surface area (Å²) >= 11 is 5.44. The van der Waals surface area contributed by atoms with Gasteiger partial charge in [0.2, 0.25) is 0 Å². The second kappa shape index (κ2) is 7.41. The molecule has 0 aromatic heterocycles. The molecule has 106 valence electrons. The van der Waals surface area contributed by atoms with E-state index < -0.39 is 0 Å². The Labute approximate surface area is 127 Å². The minimum Gasteiger partial charge on any atom is -0.490 e. The number of halogens is 1. The van der Waals surface area contributed by atoms with Crippen LogP contribution in [0.1, 0.15) is 18.9 Å². The van der Waals surface area contributed by atoms with Gasteiger partial charge in [0.1, 0.15) is 0 Å². The minimum absolute atomic E-state index is 0.629. The Morgan fingerprint density at radius 2 is 2.16 bits per heavy atom. The maximum atomic E-state index is 5.73. The van der Waals surface area contributed by atoms with E-state index in [2.05, 4.69) is 46.6 Å². The normalized spacial score (nSPS) is 15.9. The second-order valence-corrected chi connectivity index (χ2v) is 6.76. The average molecular weight is 346 g/mol. The van der Waals surface area contributed by atoms with Crippen molar-refractivity contribution in [2.24, 2.45) is 0 Å². The number of hydrogen-bond acceptors (Lipinski definition) is 4. The first-order valence-electron chi connectivity index (χ1n) is 6.52. The van der Waals surface area contributed by atoms with E-state index in [4.69, 9.17) is 9.47 Å². The summed E-state index contributed by atoms with van der Waals surface area (Å²) < 4.78 is 12.4. The van der Waals surface area contributed by atoms with Crippen molar-refractivity contribution in [1.29, 1.82) is 0 Å². The molecule has 0 amide bonds. The molecule has 0 bridgehead atoms. The molecule has 1 unspecified atom stereocenters. The van der Waals surface area contributed by atoms with Crippen LogP contribution in [0, 0.1) is 0 Å². The molecular formula is C14H20BrNO2S. The molecule has 1 atom stereocenters. The zero-order valence-electron chi connectivity index (χ0n) is 11.4. The lowest BCUT2D eigenvalue weighted by atomic mass is 10.2. The molecule has 2 rings (SSSR count). The molecule has 0 saturated carbocycles. The van der Waals surface area contributed by atoms with E-state index in [1.54, 1.807) is 0 Å². The Bertz CT molecular complexity index is 428. The van der Waals surface area contributed by atoms with Gasteiger partial charge in [0.25, 0.3) is 0 Å². The number of rotatable bonds is 5. The predicted octanol–water partition coefficient (Wildman–Crippen LogP) is 3.45. The van der Waals surface area contributed by atoms with Gasteiger partial charge in [0, 0.05) is 24.8 Å². The van der Waals surface area contributed by atoms with Crippen molar-refractivity contribution in [3.05, 3.63) is 22.2 Å². The Kier molecular flexibility index (Phi) is 5.85. The first-order chi connectivity index (χ1) is 9.20. The topological polar surface area (TPSA) is 30.5 Å². The molecule has 0 radical (unpaired) electrons. The van der Waals surface area contributed by atoms with Gasteiger partial charge in [-0.1, -0.05) is 6.92 Å².